The third-order valence-electron chi connectivity index (χ3n) is 3.74. The lowest BCUT2D eigenvalue weighted by Crippen LogP contribution is -2.28. The molecule has 0 aromatic heterocycles. The second-order valence-corrected chi connectivity index (χ2v) is 4.67. The number of carbonyl (C=O) groups is 2. The minimum atomic E-state index is -0.0303. The van der Waals surface area contributed by atoms with Crippen LogP contribution in [0.5, 0.6) is 0 Å². The van der Waals surface area contributed by atoms with Crippen molar-refractivity contribution in [2.24, 2.45) is 22.9 Å². The van der Waals surface area contributed by atoms with Gasteiger partial charge in [-0.25, -0.2) is 0 Å². The molecule has 3 atom stereocenters. The van der Waals surface area contributed by atoms with Crippen molar-refractivity contribution in [2.45, 2.75) is 32.1 Å². The van der Waals surface area contributed by atoms with Crippen molar-refractivity contribution in [1.29, 1.82) is 0 Å². The molecule has 0 N–H and O–H groups in total. The van der Waals surface area contributed by atoms with E-state index in [-0.39, 0.29) is 23.5 Å². The van der Waals surface area contributed by atoms with E-state index in [2.05, 4.69) is 10.0 Å². The molecule has 0 amide bonds. The second kappa shape index (κ2) is 4.66. The molecule has 86 valence electrons. The lowest BCUT2D eigenvalue weighted by Gasteiger charge is -2.19. The molecule has 2 bridgehead atoms. The molecule has 0 saturated heterocycles. The normalized spacial score (nSPS) is 31.9. The SMILES string of the molecule is [N-]=[N+]=NCCCC[C@@H]1C(=O)[C@H]2CC(=O)[C@@H]1C2. The Bertz CT molecular complexity index is 360. The third-order valence-corrected chi connectivity index (χ3v) is 3.74. The molecule has 16 heavy (non-hydrogen) atoms. The van der Waals surface area contributed by atoms with Crippen LogP contribution in [0.25, 0.3) is 10.4 Å². The standard InChI is InChI=1S/C11H15N3O2/c12-14-13-4-2-1-3-8-9-5-7(11(8)16)6-10(9)15/h7-9H,1-6H2/t7-,8+,9-/m1/s1. The summed E-state index contributed by atoms with van der Waals surface area (Å²) >= 11 is 0. The smallest absolute Gasteiger partial charge is 0.140 e. The predicted octanol–water partition coefficient (Wildman–Crippen LogP) is 2.26. The van der Waals surface area contributed by atoms with Gasteiger partial charge in [-0.2, -0.15) is 0 Å². The number of hydrogen-bond acceptors (Lipinski definition) is 3. The number of unbranched alkanes of at least 4 members (excludes halogenated alkanes) is 1. The summed E-state index contributed by atoms with van der Waals surface area (Å²) in [7, 11) is 0. The van der Waals surface area contributed by atoms with E-state index in [0.29, 0.717) is 18.7 Å². The number of fused-ring (bicyclic) bond motifs is 2. The van der Waals surface area contributed by atoms with Crippen molar-refractivity contribution in [3.63, 3.8) is 0 Å². The maximum Gasteiger partial charge on any atom is 0.140 e. The van der Waals surface area contributed by atoms with Gasteiger partial charge in [0.1, 0.15) is 11.6 Å². The van der Waals surface area contributed by atoms with E-state index in [1.807, 2.05) is 0 Å². The Hall–Kier alpha value is -1.35. The van der Waals surface area contributed by atoms with Crippen LogP contribution in [-0.4, -0.2) is 18.1 Å². The molecule has 2 aliphatic rings. The van der Waals surface area contributed by atoms with Crippen LogP contribution >= 0.6 is 0 Å². The average Bonchev–Trinajstić information content (AvgIpc) is 2.77. The van der Waals surface area contributed by atoms with Crippen LogP contribution in [0, 0.1) is 17.8 Å². The van der Waals surface area contributed by atoms with Crippen LogP contribution in [0.4, 0.5) is 0 Å². The van der Waals surface area contributed by atoms with E-state index in [4.69, 9.17) is 5.53 Å². The van der Waals surface area contributed by atoms with E-state index in [0.717, 1.165) is 25.7 Å². The summed E-state index contributed by atoms with van der Waals surface area (Å²) in [5, 5.41) is 3.45. The first kappa shape index (κ1) is 11.1. The Morgan fingerprint density at radius 2 is 2.19 bits per heavy atom. The summed E-state index contributed by atoms with van der Waals surface area (Å²) < 4.78 is 0. The number of nitrogens with zero attached hydrogens (tertiary/aromatic N) is 3. The van der Waals surface area contributed by atoms with Gasteiger partial charge >= 0.3 is 0 Å². The molecule has 0 aliphatic heterocycles. The van der Waals surface area contributed by atoms with Gasteiger partial charge in [0.05, 0.1) is 0 Å². The van der Waals surface area contributed by atoms with Gasteiger partial charge in [-0.15, -0.1) is 0 Å². The lowest BCUT2D eigenvalue weighted by atomic mass is 9.83. The summed E-state index contributed by atoms with van der Waals surface area (Å²) in [5.74, 6) is 0.590. The van der Waals surface area contributed by atoms with E-state index in [1.165, 1.54) is 0 Å². The molecule has 0 radical (unpaired) electrons. The predicted molar refractivity (Wildman–Crippen MR) is 57.6 cm³/mol. The van der Waals surface area contributed by atoms with Gasteiger partial charge in [0.25, 0.3) is 0 Å². The minimum Gasteiger partial charge on any atom is -0.299 e. The van der Waals surface area contributed by atoms with Crippen molar-refractivity contribution in [3.05, 3.63) is 10.4 Å². The Kier molecular flexibility index (Phi) is 3.25. The quantitative estimate of drug-likeness (QED) is 0.309. The molecule has 0 spiro atoms. The molecule has 5 heteroatoms. The third kappa shape index (κ3) is 1.95. The van der Waals surface area contributed by atoms with Crippen LogP contribution in [-0.2, 0) is 9.59 Å². The molecule has 2 saturated carbocycles. The van der Waals surface area contributed by atoms with Crippen molar-refractivity contribution in [1.82, 2.24) is 0 Å². The van der Waals surface area contributed by atoms with E-state index < -0.39 is 0 Å². The molecule has 0 aromatic rings. The summed E-state index contributed by atoms with van der Waals surface area (Å²) in [6.45, 7) is 0.486. The number of Topliss-reactive ketones (excluding diaryl/α,β-unsaturated/α-hetero) is 2. The Morgan fingerprint density at radius 1 is 1.38 bits per heavy atom. The highest BCUT2D eigenvalue weighted by Gasteiger charge is 2.51. The Morgan fingerprint density at radius 3 is 2.88 bits per heavy atom. The maximum atomic E-state index is 11.8. The second-order valence-electron chi connectivity index (χ2n) is 4.67. The van der Waals surface area contributed by atoms with Gasteiger partial charge < -0.3 is 0 Å². The zero-order valence-electron chi connectivity index (χ0n) is 9.13. The minimum absolute atomic E-state index is 0.0111. The Balaban J connectivity index is 1.79. The monoisotopic (exact) mass is 221 g/mol. The largest absolute Gasteiger partial charge is 0.299 e. The maximum absolute atomic E-state index is 11.8. The van der Waals surface area contributed by atoms with Crippen LogP contribution in [0.1, 0.15) is 32.1 Å². The van der Waals surface area contributed by atoms with Crippen LogP contribution in [0.3, 0.4) is 0 Å². The fourth-order valence-corrected chi connectivity index (χ4v) is 2.96. The van der Waals surface area contributed by atoms with Crippen LogP contribution < -0.4 is 0 Å². The van der Waals surface area contributed by atoms with Crippen molar-refractivity contribution < 1.29 is 9.59 Å². The van der Waals surface area contributed by atoms with Crippen LogP contribution in [0.15, 0.2) is 5.11 Å². The van der Waals surface area contributed by atoms with E-state index in [9.17, 15) is 9.59 Å². The van der Waals surface area contributed by atoms with E-state index in [1.54, 1.807) is 0 Å². The topological polar surface area (TPSA) is 82.9 Å². The molecule has 0 heterocycles. The summed E-state index contributed by atoms with van der Waals surface area (Å²) in [5.41, 5.74) is 8.10. The highest BCUT2D eigenvalue weighted by Crippen LogP contribution is 2.45. The first-order valence-corrected chi connectivity index (χ1v) is 5.81. The Labute approximate surface area is 93.8 Å². The molecule has 5 nitrogen and oxygen atoms in total. The number of azide groups is 1. The molecule has 2 fully saturated rings. The number of rotatable bonds is 5. The molecule has 2 rings (SSSR count). The summed E-state index contributed by atoms with van der Waals surface area (Å²) in [4.78, 5) is 26.0. The van der Waals surface area contributed by atoms with Crippen LogP contribution in [0.2, 0.25) is 0 Å². The number of carbonyl (C=O) groups excluding carboxylic acids is 2. The number of ketones is 2. The first-order chi connectivity index (χ1) is 7.74. The lowest BCUT2D eigenvalue weighted by molar-refractivity contribution is -0.134. The van der Waals surface area contributed by atoms with Gasteiger partial charge in [-0.1, -0.05) is 11.5 Å². The fraction of sp³-hybridized carbons (Fsp3) is 0.818. The van der Waals surface area contributed by atoms with Crippen molar-refractivity contribution in [3.8, 4) is 0 Å². The molecular formula is C11H15N3O2. The highest BCUT2D eigenvalue weighted by molar-refractivity contribution is 6.01. The van der Waals surface area contributed by atoms with E-state index >= 15 is 0 Å². The van der Waals surface area contributed by atoms with Gasteiger partial charge in [-0.05, 0) is 24.8 Å². The van der Waals surface area contributed by atoms with Gasteiger partial charge in [0, 0.05) is 35.6 Å². The summed E-state index contributed by atoms with van der Waals surface area (Å²) in [6.07, 6.45) is 3.73. The summed E-state index contributed by atoms with van der Waals surface area (Å²) in [6, 6.07) is 0. The fourth-order valence-electron chi connectivity index (χ4n) is 2.96. The van der Waals surface area contributed by atoms with Gasteiger partial charge in [0.2, 0.25) is 0 Å². The molecule has 0 unspecified atom stereocenters. The highest BCUT2D eigenvalue weighted by atomic mass is 16.1. The average molecular weight is 221 g/mol. The molecule has 2 aliphatic carbocycles. The number of hydrogen-bond donors (Lipinski definition) is 0. The van der Waals surface area contributed by atoms with Gasteiger partial charge in [0.15, 0.2) is 0 Å². The van der Waals surface area contributed by atoms with Crippen molar-refractivity contribution >= 4 is 11.6 Å². The van der Waals surface area contributed by atoms with Gasteiger partial charge in [-0.3, -0.25) is 9.59 Å². The molecule has 0 aromatic carbocycles. The zero-order chi connectivity index (χ0) is 11.5. The zero-order valence-corrected chi connectivity index (χ0v) is 9.13. The first-order valence-electron chi connectivity index (χ1n) is 5.81. The van der Waals surface area contributed by atoms with Crippen molar-refractivity contribution in [2.75, 3.05) is 6.54 Å². The molecular weight excluding hydrogens is 206 g/mol.